The van der Waals surface area contributed by atoms with Gasteiger partial charge in [0.25, 0.3) is 0 Å². The lowest BCUT2D eigenvalue weighted by atomic mass is 10.0. The largest absolute Gasteiger partial charge is 0.313 e. The molecule has 0 unspecified atom stereocenters. The summed E-state index contributed by atoms with van der Waals surface area (Å²) in [5.74, 6) is -0.638. The molecule has 0 saturated heterocycles. The Hall–Kier alpha value is -1.45. The van der Waals surface area contributed by atoms with Crippen molar-refractivity contribution in [3.8, 4) is 11.1 Å². The third-order valence-electron chi connectivity index (χ3n) is 3.03. The molecule has 2 aromatic carbocycles. The van der Waals surface area contributed by atoms with Crippen molar-refractivity contribution in [1.82, 2.24) is 5.32 Å². The molecule has 0 amide bonds. The smallest absolute Gasteiger partial charge is 0.127 e. The van der Waals surface area contributed by atoms with Gasteiger partial charge in [-0.3, -0.25) is 0 Å². The van der Waals surface area contributed by atoms with Crippen LogP contribution in [0.4, 0.5) is 8.78 Å². The molecule has 0 aliphatic rings. The number of nitrogens with one attached hydrogen (secondary N) is 1. The average Bonchev–Trinajstić information content (AvgIpc) is 2.41. The molecule has 0 spiro atoms. The minimum absolute atomic E-state index is 0.254. The van der Waals surface area contributed by atoms with Crippen LogP contribution in [0.3, 0.4) is 0 Å². The second kappa shape index (κ2) is 6.82. The van der Waals surface area contributed by atoms with Crippen molar-refractivity contribution in [2.75, 3.05) is 6.54 Å². The van der Waals surface area contributed by atoms with Crippen molar-refractivity contribution in [2.45, 2.75) is 19.9 Å². The second-order valence-electron chi connectivity index (χ2n) is 4.61. The summed E-state index contributed by atoms with van der Waals surface area (Å²) in [5, 5.41) is 3.48. The normalized spacial score (nSPS) is 10.8. The molecule has 0 radical (unpaired) electrons. The van der Waals surface area contributed by atoms with Gasteiger partial charge in [-0.25, -0.2) is 8.78 Å². The lowest BCUT2D eigenvalue weighted by Crippen LogP contribution is -2.14. The Morgan fingerprint density at radius 1 is 1.10 bits per heavy atom. The number of hydrogen-bond donors (Lipinski definition) is 1. The molecule has 0 aromatic heterocycles. The molecule has 1 N–H and O–H groups in total. The van der Waals surface area contributed by atoms with Crippen molar-refractivity contribution >= 4 is 11.6 Å². The van der Waals surface area contributed by atoms with Gasteiger partial charge >= 0.3 is 0 Å². The molecule has 0 heterocycles. The second-order valence-corrected chi connectivity index (χ2v) is 5.01. The van der Waals surface area contributed by atoms with Crippen LogP contribution in [0.25, 0.3) is 11.1 Å². The van der Waals surface area contributed by atoms with E-state index in [1.54, 1.807) is 18.2 Å². The van der Waals surface area contributed by atoms with Crippen LogP contribution in [-0.4, -0.2) is 6.54 Å². The van der Waals surface area contributed by atoms with Gasteiger partial charge in [-0.15, -0.1) is 0 Å². The van der Waals surface area contributed by atoms with E-state index in [1.807, 2.05) is 0 Å². The van der Waals surface area contributed by atoms with Gasteiger partial charge in [0.05, 0.1) is 5.02 Å². The molecule has 1 nitrogen and oxygen atoms in total. The van der Waals surface area contributed by atoms with Crippen molar-refractivity contribution < 1.29 is 8.78 Å². The minimum atomic E-state index is -0.384. The summed E-state index contributed by atoms with van der Waals surface area (Å²) in [7, 11) is 0. The molecule has 2 rings (SSSR count). The number of hydrogen-bond acceptors (Lipinski definition) is 1. The predicted octanol–water partition coefficient (Wildman–Crippen LogP) is 4.78. The van der Waals surface area contributed by atoms with Gasteiger partial charge in [-0.1, -0.05) is 24.6 Å². The zero-order chi connectivity index (χ0) is 14.5. The van der Waals surface area contributed by atoms with E-state index >= 15 is 0 Å². The molecule has 0 atom stereocenters. The maximum atomic E-state index is 13.7. The zero-order valence-electron chi connectivity index (χ0n) is 11.2. The summed E-state index contributed by atoms with van der Waals surface area (Å²) in [6, 6.07) is 9.02. The van der Waals surface area contributed by atoms with Crippen molar-refractivity contribution in [3.63, 3.8) is 0 Å². The molecule has 0 fully saturated rings. The Morgan fingerprint density at radius 2 is 1.90 bits per heavy atom. The van der Waals surface area contributed by atoms with Gasteiger partial charge in [-0.05, 0) is 48.9 Å². The lowest BCUT2D eigenvalue weighted by Gasteiger charge is -2.09. The number of rotatable bonds is 5. The van der Waals surface area contributed by atoms with Crippen molar-refractivity contribution in [3.05, 3.63) is 58.6 Å². The average molecular weight is 296 g/mol. The molecule has 4 heteroatoms. The van der Waals surface area contributed by atoms with E-state index < -0.39 is 0 Å². The Balaban J connectivity index is 2.30. The fourth-order valence-electron chi connectivity index (χ4n) is 2.00. The standard InChI is InChI=1S/C16H16ClF2N/c1-2-7-20-10-12-8-11(3-6-16(12)19)14-5-4-13(18)9-15(14)17/h3-6,8-9,20H,2,7,10H2,1H3. The SMILES string of the molecule is CCCNCc1cc(-c2ccc(F)cc2Cl)ccc1F. The summed E-state index contributed by atoms with van der Waals surface area (Å²) in [4.78, 5) is 0. The third-order valence-corrected chi connectivity index (χ3v) is 3.34. The van der Waals surface area contributed by atoms with Gasteiger partial charge in [0, 0.05) is 17.7 Å². The van der Waals surface area contributed by atoms with Crippen LogP contribution in [0.15, 0.2) is 36.4 Å². The summed E-state index contributed by atoms with van der Waals surface area (Å²) in [6.45, 7) is 3.35. The molecular formula is C16H16ClF2N. The number of benzene rings is 2. The van der Waals surface area contributed by atoms with E-state index in [0.717, 1.165) is 18.5 Å². The Bertz CT molecular complexity index is 599. The highest BCUT2D eigenvalue weighted by Crippen LogP contribution is 2.29. The Labute approximate surface area is 122 Å². The molecule has 0 aliphatic heterocycles. The summed E-state index contributed by atoms with van der Waals surface area (Å²) >= 11 is 6.03. The molecular weight excluding hydrogens is 280 g/mol. The predicted molar refractivity (Wildman–Crippen MR) is 78.8 cm³/mol. The fraction of sp³-hybridized carbons (Fsp3) is 0.250. The molecule has 20 heavy (non-hydrogen) atoms. The maximum absolute atomic E-state index is 13.7. The van der Waals surface area contributed by atoms with Gasteiger partial charge in [0.1, 0.15) is 11.6 Å². The van der Waals surface area contributed by atoms with Crippen LogP contribution in [0.5, 0.6) is 0 Å². The summed E-state index contributed by atoms with van der Waals surface area (Å²) in [5.41, 5.74) is 2.06. The maximum Gasteiger partial charge on any atom is 0.127 e. The first-order chi connectivity index (χ1) is 9.61. The highest BCUT2D eigenvalue weighted by Gasteiger charge is 2.08. The monoisotopic (exact) mass is 295 g/mol. The van der Waals surface area contributed by atoms with Crippen LogP contribution in [-0.2, 0) is 6.54 Å². The van der Waals surface area contributed by atoms with E-state index in [2.05, 4.69) is 12.2 Å². The van der Waals surface area contributed by atoms with E-state index in [0.29, 0.717) is 22.7 Å². The Morgan fingerprint density at radius 3 is 2.60 bits per heavy atom. The first-order valence-corrected chi connectivity index (χ1v) is 6.94. The molecule has 0 bridgehead atoms. The summed E-state index contributed by atoms with van der Waals surface area (Å²) < 4.78 is 26.8. The molecule has 0 saturated carbocycles. The van der Waals surface area contributed by atoms with Crippen LogP contribution < -0.4 is 5.32 Å². The third kappa shape index (κ3) is 3.56. The fourth-order valence-corrected chi connectivity index (χ4v) is 2.28. The van der Waals surface area contributed by atoms with Crippen LogP contribution in [0, 0.1) is 11.6 Å². The molecule has 2 aromatic rings. The first kappa shape index (κ1) is 14.9. The summed E-state index contributed by atoms with van der Waals surface area (Å²) in [6.07, 6.45) is 0.991. The van der Waals surface area contributed by atoms with Crippen LogP contribution in [0.2, 0.25) is 5.02 Å². The Kier molecular flexibility index (Phi) is 5.10. The van der Waals surface area contributed by atoms with Crippen LogP contribution in [0.1, 0.15) is 18.9 Å². The first-order valence-electron chi connectivity index (χ1n) is 6.56. The van der Waals surface area contributed by atoms with Gasteiger partial charge < -0.3 is 5.32 Å². The topological polar surface area (TPSA) is 12.0 Å². The zero-order valence-corrected chi connectivity index (χ0v) is 12.0. The number of halogens is 3. The van der Waals surface area contributed by atoms with E-state index in [1.165, 1.54) is 18.2 Å². The van der Waals surface area contributed by atoms with E-state index in [4.69, 9.17) is 11.6 Å². The van der Waals surface area contributed by atoms with E-state index in [-0.39, 0.29) is 11.6 Å². The minimum Gasteiger partial charge on any atom is -0.313 e. The van der Waals surface area contributed by atoms with Gasteiger partial charge in [-0.2, -0.15) is 0 Å². The molecule has 106 valence electrons. The highest BCUT2D eigenvalue weighted by molar-refractivity contribution is 6.33. The van der Waals surface area contributed by atoms with Crippen molar-refractivity contribution in [1.29, 1.82) is 0 Å². The highest BCUT2D eigenvalue weighted by atomic mass is 35.5. The molecule has 0 aliphatic carbocycles. The van der Waals surface area contributed by atoms with Gasteiger partial charge in [0.2, 0.25) is 0 Å². The van der Waals surface area contributed by atoms with Crippen molar-refractivity contribution in [2.24, 2.45) is 0 Å². The van der Waals surface area contributed by atoms with Gasteiger partial charge in [0.15, 0.2) is 0 Å². The lowest BCUT2D eigenvalue weighted by molar-refractivity contribution is 0.587. The van der Waals surface area contributed by atoms with Crippen LogP contribution >= 0.6 is 11.6 Å². The quantitative estimate of drug-likeness (QED) is 0.782. The van der Waals surface area contributed by atoms with E-state index in [9.17, 15) is 8.78 Å².